The summed E-state index contributed by atoms with van der Waals surface area (Å²) in [7, 11) is 5.59. The lowest BCUT2D eigenvalue weighted by Gasteiger charge is -2.25. The number of nitrogens with one attached hydrogen (secondary N) is 1. The van der Waals surface area contributed by atoms with Gasteiger partial charge in [-0.2, -0.15) is 10.1 Å². The summed E-state index contributed by atoms with van der Waals surface area (Å²) < 4.78 is 7.17. The molecular formula is C23H32N8O2. The summed E-state index contributed by atoms with van der Waals surface area (Å²) in [6, 6.07) is 2.57. The Hall–Kier alpha value is -3.27. The van der Waals surface area contributed by atoms with Gasteiger partial charge in [0.2, 0.25) is 17.7 Å². The fourth-order valence-electron chi connectivity index (χ4n) is 4.36. The van der Waals surface area contributed by atoms with E-state index in [-0.39, 0.29) is 5.91 Å². The molecule has 10 heteroatoms. The molecule has 0 radical (unpaired) electrons. The number of ether oxygens (including phenoxy) is 1. The molecule has 2 aliphatic rings. The number of pyridine rings is 1. The second-order valence-electron chi connectivity index (χ2n) is 8.71. The molecule has 1 amide bonds. The minimum atomic E-state index is 0.222. The van der Waals surface area contributed by atoms with Gasteiger partial charge in [0.1, 0.15) is 5.69 Å². The van der Waals surface area contributed by atoms with Crippen molar-refractivity contribution in [2.75, 3.05) is 32.6 Å². The van der Waals surface area contributed by atoms with Crippen LogP contribution in [0.25, 0.3) is 11.0 Å². The van der Waals surface area contributed by atoms with E-state index >= 15 is 0 Å². The number of methoxy groups -OCH3 is 1. The van der Waals surface area contributed by atoms with Gasteiger partial charge in [0, 0.05) is 52.3 Å². The van der Waals surface area contributed by atoms with Crippen LogP contribution in [0.2, 0.25) is 0 Å². The molecule has 1 unspecified atom stereocenters. The Bertz CT molecular complexity index is 1140. The zero-order chi connectivity index (χ0) is 23.5. The topological polar surface area (TPSA) is 101 Å². The number of carbonyl (C=O) groups excluding carboxylic acids is 1. The Balaban J connectivity index is 0.000000243. The van der Waals surface area contributed by atoms with Gasteiger partial charge in [-0.25, -0.2) is 9.97 Å². The Labute approximate surface area is 194 Å². The van der Waals surface area contributed by atoms with Crippen molar-refractivity contribution in [2.45, 2.75) is 45.7 Å². The molecule has 0 aliphatic carbocycles. The van der Waals surface area contributed by atoms with E-state index < -0.39 is 0 Å². The zero-order valence-electron chi connectivity index (χ0n) is 20.0. The average Bonchev–Trinajstić information content (AvgIpc) is 3.39. The minimum absolute atomic E-state index is 0.222. The fourth-order valence-corrected chi connectivity index (χ4v) is 4.36. The molecule has 1 saturated heterocycles. The highest BCUT2D eigenvalue weighted by Gasteiger charge is 2.21. The van der Waals surface area contributed by atoms with Gasteiger partial charge in [-0.1, -0.05) is 0 Å². The van der Waals surface area contributed by atoms with Crippen LogP contribution >= 0.6 is 0 Å². The highest BCUT2D eigenvalue weighted by atomic mass is 16.5. The van der Waals surface area contributed by atoms with Crippen molar-refractivity contribution < 1.29 is 9.53 Å². The molecule has 10 nitrogen and oxygen atoms in total. The third kappa shape index (κ3) is 5.05. The predicted octanol–water partition coefficient (Wildman–Crippen LogP) is 2.52. The van der Waals surface area contributed by atoms with Crippen LogP contribution in [0.5, 0.6) is 5.88 Å². The molecule has 0 spiro atoms. The first-order valence-corrected chi connectivity index (χ1v) is 11.3. The highest BCUT2D eigenvalue weighted by Crippen LogP contribution is 2.30. The number of carbonyl (C=O) groups is 1. The smallest absolute Gasteiger partial charge is 0.237 e. The van der Waals surface area contributed by atoms with Crippen molar-refractivity contribution in [1.29, 1.82) is 0 Å². The monoisotopic (exact) mass is 452 g/mol. The SMILES string of the molecule is CC(=O)N1CCCC1C.COc1nc2c(cc1Nc1ncc3cnn(C)c3n1)CN(C)CC2. The number of fused-ring (bicyclic) bond motifs is 2. The number of likely N-dealkylation sites (N-methyl/N-ethyl adjacent to an activating group) is 1. The van der Waals surface area contributed by atoms with E-state index in [4.69, 9.17) is 4.74 Å². The van der Waals surface area contributed by atoms with Gasteiger partial charge in [-0.3, -0.25) is 9.48 Å². The third-order valence-corrected chi connectivity index (χ3v) is 6.20. The van der Waals surface area contributed by atoms with Crippen molar-refractivity contribution in [1.82, 2.24) is 34.5 Å². The van der Waals surface area contributed by atoms with E-state index in [2.05, 4.69) is 50.3 Å². The van der Waals surface area contributed by atoms with E-state index in [1.54, 1.807) is 31.1 Å². The summed E-state index contributed by atoms with van der Waals surface area (Å²) in [5.74, 6) is 1.28. The van der Waals surface area contributed by atoms with E-state index in [1.807, 2.05) is 11.9 Å². The van der Waals surface area contributed by atoms with Gasteiger partial charge in [0.15, 0.2) is 5.65 Å². The van der Waals surface area contributed by atoms with Crippen LogP contribution in [0.4, 0.5) is 11.6 Å². The second kappa shape index (κ2) is 9.70. The molecule has 2 aliphatic heterocycles. The number of hydrogen-bond donors (Lipinski definition) is 1. The van der Waals surface area contributed by atoms with E-state index in [0.29, 0.717) is 17.9 Å². The summed E-state index contributed by atoms with van der Waals surface area (Å²) in [6.07, 6.45) is 6.79. The molecule has 176 valence electrons. The van der Waals surface area contributed by atoms with Crippen molar-refractivity contribution in [3.8, 4) is 5.88 Å². The molecule has 0 bridgehead atoms. The van der Waals surface area contributed by atoms with Gasteiger partial charge in [-0.05, 0) is 38.4 Å². The van der Waals surface area contributed by atoms with Crippen LogP contribution in [0.1, 0.15) is 37.9 Å². The number of nitrogens with zero attached hydrogens (tertiary/aromatic N) is 7. The lowest BCUT2D eigenvalue weighted by Crippen LogP contribution is -2.31. The summed E-state index contributed by atoms with van der Waals surface area (Å²) in [5.41, 5.74) is 3.84. The van der Waals surface area contributed by atoms with E-state index in [1.165, 1.54) is 18.4 Å². The van der Waals surface area contributed by atoms with Crippen molar-refractivity contribution in [3.63, 3.8) is 0 Å². The molecule has 3 aromatic rings. The maximum absolute atomic E-state index is 10.8. The Morgan fingerprint density at radius 1 is 1.21 bits per heavy atom. The van der Waals surface area contributed by atoms with E-state index in [0.717, 1.165) is 48.5 Å². The summed E-state index contributed by atoms with van der Waals surface area (Å²) in [4.78, 5) is 28.5. The third-order valence-electron chi connectivity index (χ3n) is 6.20. The van der Waals surface area contributed by atoms with E-state index in [9.17, 15) is 4.79 Å². The quantitative estimate of drug-likeness (QED) is 0.647. The zero-order valence-corrected chi connectivity index (χ0v) is 20.0. The van der Waals surface area contributed by atoms with Crippen LogP contribution in [0, 0.1) is 0 Å². The van der Waals surface area contributed by atoms with Gasteiger partial charge >= 0.3 is 0 Å². The van der Waals surface area contributed by atoms with Crippen LogP contribution in [-0.4, -0.2) is 73.7 Å². The first-order chi connectivity index (χ1) is 15.9. The molecular weight excluding hydrogens is 420 g/mol. The van der Waals surface area contributed by atoms with Gasteiger partial charge in [0.05, 0.1) is 24.4 Å². The Kier molecular flexibility index (Phi) is 6.73. The van der Waals surface area contributed by atoms with Crippen LogP contribution < -0.4 is 10.1 Å². The molecule has 1 N–H and O–H groups in total. The van der Waals surface area contributed by atoms with Crippen LogP contribution in [0.3, 0.4) is 0 Å². The van der Waals surface area contributed by atoms with Crippen molar-refractivity contribution in [3.05, 3.63) is 29.7 Å². The molecule has 3 aromatic heterocycles. The number of likely N-dealkylation sites (tertiary alicyclic amines) is 1. The number of aryl methyl sites for hydroxylation is 1. The summed E-state index contributed by atoms with van der Waals surface area (Å²) in [5, 5.41) is 8.32. The van der Waals surface area contributed by atoms with Crippen LogP contribution in [0.15, 0.2) is 18.5 Å². The fraction of sp³-hybridized carbons (Fsp3) is 0.522. The standard InChI is InChI=1S/C16H19N7O.C7H13NO/c1-22-5-4-12-10(9-22)6-13(15(19-12)24-3)20-16-17-7-11-8-18-23(2)14(11)21-16;1-6-4-3-5-8(6)7(2)9/h6-8H,4-5,9H2,1-3H3,(H,17,20,21);6H,3-5H2,1-2H3. The molecule has 0 aromatic carbocycles. The lowest BCUT2D eigenvalue weighted by atomic mass is 10.1. The molecule has 1 atom stereocenters. The largest absolute Gasteiger partial charge is 0.480 e. The molecule has 0 saturated carbocycles. The highest BCUT2D eigenvalue weighted by molar-refractivity contribution is 5.75. The molecule has 33 heavy (non-hydrogen) atoms. The first kappa shape index (κ1) is 22.9. The van der Waals surface area contributed by atoms with Gasteiger partial charge < -0.3 is 19.9 Å². The Morgan fingerprint density at radius 2 is 2.03 bits per heavy atom. The summed E-state index contributed by atoms with van der Waals surface area (Å²) in [6.45, 7) is 6.60. The van der Waals surface area contributed by atoms with Gasteiger partial charge in [-0.15, -0.1) is 0 Å². The molecule has 5 heterocycles. The number of aromatic nitrogens is 5. The van der Waals surface area contributed by atoms with Crippen molar-refractivity contribution in [2.24, 2.45) is 7.05 Å². The number of rotatable bonds is 3. The lowest BCUT2D eigenvalue weighted by molar-refractivity contribution is -0.129. The first-order valence-electron chi connectivity index (χ1n) is 11.3. The van der Waals surface area contributed by atoms with Crippen molar-refractivity contribution >= 4 is 28.6 Å². The predicted molar refractivity (Wildman–Crippen MR) is 126 cm³/mol. The molecule has 5 rings (SSSR count). The maximum Gasteiger partial charge on any atom is 0.237 e. The second-order valence-corrected chi connectivity index (χ2v) is 8.71. The van der Waals surface area contributed by atoms with Gasteiger partial charge in [0.25, 0.3) is 0 Å². The normalized spacial score (nSPS) is 18.0. The number of hydrogen-bond acceptors (Lipinski definition) is 8. The number of anilines is 2. The average molecular weight is 453 g/mol. The summed E-state index contributed by atoms with van der Waals surface area (Å²) >= 11 is 0. The Morgan fingerprint density at radius 3 is 2.70 bits per heavy atom. The number of amides is 1. The maximum atomic E-state index is 10.8. The van der Waals surface area contributed by atoms with Crippen LogP contribution in [-0.2, 0) is 24.8 Å². The minimum Gasteiger partial charge on any atom is -0.480 e. The molecule has 1 fully saturated rings.